The summed E-state index contributed by atoms with van der Waals surface area (Å²) in [6.45, 7) is 9.47. The Kier molecular flexibility index (Phi) is 5.90. The second-order valence-electron chi connectivity index (χ2n) is 10.2. The van der Waals surface area contributed by atoms with Gasteiger partial charge in [0.2, 0.25) is 11.9 Å². The van der Waals surface area contributed by atoms with Crippen molar-refractivity contribution in [1.82, 2.24) is 20.2 Å². The first-order chi connectivity index (χ1) is 15.0. The summed E-state index contributed by atoms with van der Waals surface area (Å²) in [4.78, 5) is 28.1. The second-order valence-corrected chi connectivity index (χ2v) is 10.2. The highest BCUT2D eigenvalue weighted by Crippen LogP contribution is 2.48. The summed E-state index contributed by atoms with van der Waals surface area (Å²) in [5, 5.41) is 3.43. The van der Waals surface area contributed by atoms with Crippen molar-refractivity contribution >= 4 is 11.9 Å². The fourth-order valence-electron chi connectivity index (χ4n) is 6.18. The van der Waals surface area contributed by atoms with Crippen LogP contribution in [0.25, 0.3) is 0 Å². The second kappa shape index (κ2) is 8.66. The van der Waals surface area contributed by atoms with Crippen molar-refractivity contribution < 1.29 is 9.53 Å². The van der Waals surface area contributed by atoms with Crippen molar-refractivity contribution in [2.75, 3.05) is 44.3 Å². The third kappa shape index (κ3) is 4.19. The van der Waals surface area contributed by atoms with Crippen LogP contribution in [-0.2, 0) is 9.53 Å². The van der Waals surface area contributed by atoms with Crippen LogP contribution in [0.15, 0.2) is 6.07 Å². The molecule has 0 unspecified atom stereocenters. The van der Waals surface area contributed by atoms with Gasteiger partial charge in [-0.1, -0.05) is 0 Å². The van der Waals surface area contributed by atoms with Crippen molar-refractivity contribution in [3.8, 4) is 0 Å². The summed E-state index contributed by atoms with van der Waals surface area (Å²) in [5.41, 5.74) is 1.67. The summed E-state index contributed by atoms with van der Waals surface area (Å²) >= 11 is 0. The normalized spacial score (nSPS) is 32.3. The van der Waals surface area contributed by atoms with E-state index in [1.54, 1.807) is 0 Å². The first-order valence-corrected chi connectivity index (χ1v) is 12.2. The molecule has 1 aromatic rings. The van der Waals surface area contributed by atoms with E-state index in [9.17, 15) is 4.79 Å². The van der Waals surface area contributed by atoms with Crippen molar-refractivity contribution in [2.45, 2.75) is 70.9 Å². The molecule has 0 radical (unpaired) electrons. The molecule has 0 spiro atoms. The maximum absolute atomic E-state index is 13.7. The fourth-order valence-corrected chi connectivity index (χ4v) is 6.18. The van der Waals surface area contributed by atoms with Crippen molar-refractivity contribution in [1.29, 1.82) is 0 Å². The Morgan fingerprint density at radius 3 is 2.52 bits per heavy atom. The number of rotatable bonds is 4. The predicted octanol–water partition coefficient (Wildman–Crippen LogP) is 2.46. The van der Waals surface area contributed by atoms with Crippen LogP contribution in [0.3, 0.4) is 0 Å². The van der Waals surface area contributed by atoms with Crippen molar-refractivity contribution in [3.63, 3.8) is 0 Å². The van der Waals surface area contributed by atoms with Crippen molar-refractivity contribution in [2.24, 2.45) is 11.3 Å². The average Bonchev–Trinajstić information content (AvgIpc) is 2.75. The first-order valence-electron chi connectivity index (χ1n) is 12.2. The molecule has 1 N–H and O–H groups in total. The van der Waals surface area contributed by atoms with Crippen LogP contribution in [0.1, 0.15) is 56.3 Å². The van der Waals surface area contributed by atoms with E-state index in [-0.39, 0.29) is 11.3 Å². The molecule has 2 aliphatic heterocycles. The van der Waals surface area contributed by atoms with Gasteiger partial charge in [-0.2, -0.15) is 0 Å². The number of carbonyl (C=O) groups excluding carboxylic acids is 1. The Hall–Kier alpha value is -1.73. The molecule has 4 aliphatic rings. The molecule has 170 valence electrons. The molecule has 4 fully saturated rings. The number of morpholine rings is 1. The van der Waals surface area contributed by atoms with Gasteiger partial charge >= 0.3 is 0 Å². The molecule has 3 atom stereocenters. The number of anilines is 1. The number of fused-ring (bicyclic) bond motifs is 1. The highest BCUT2D eigenvalue weighted by molar-refractivity contribution is 5.84. The fraction of sp³-hybridized carbons (Fsp3) is 0.792. The van der Waals surface area contributed by atoms with Crippen LogP contribution < -0.4 is 10.2 Å². The lowest BCUT2D eigenvalue weighted by atomic mass is 9.60. The zero-order valence-corrected chi connectivity index (χ0v) is 19.1. The van der Waals surface area contributed by atoms with Crippen LogP contribution in [-0.4, -0.2) is 72.3 Å². The van der Waals surface area contributed by atoms with E-state index in [2.05, 4.69) is 15.1 Å². The topological polar surface area (TPSA) is 70.6 Å². The maximum atomic E-state index is 13.7. The summed E-state index contributed by atoms with van der Waals surface area (Å²) < 4.78 is 5.57. The molecule has 0 bridgehead atoms. The maximum Gasteiger partial charge on any atom is 0.228 e. The van der Waals surface area contributed by atoms with Gasteiger partial charge < -0.3 is 15.0 Å². The zero-order valence-electron chi connectivity index (χ0n) is 19.1. The Balaban J connectivity index is 1.38. The van der Waals surface area contributed by atoms with Crippen LogP contribution in [0, 0.1) is 25.2 Å². The van der Waals surface area contributed by atoms with E-state index >= 15 is 0 Å². The minimum Gasteiger partial charge on any atom is -0.379 e. The Morgan fingerprint density at radius 2 is 1.84 bits per heavy atom. The monoisotopic (exact) mass is 427 g/mol. The number of aryl methyl sites for hydroxylation is 2. The van der Waals surface area contributed by atoms with Gasteiger partial charge in [0.05, 0.1) is 18.6 Å². The molecular formula is C24H37N5O2. The van der Waals surface area contributed by atoms with E-state index in [1.165, 1.54) is 6.42 Å². The van der Waals surface area contributed by atoms with Crippen LogP contribution in [0.4, 0.5) is 5.95 Å². The van der Waals surface area contributed by atoms with Gasteiger partial charge in [0.15, 0.2) is 0 Å². The Labute approximate surface area is 185 Å². The first kappa shape index (κ1) is 21.1. The standard InChI is InChI=1S/C24H37N5O2/c1-17-14-18(2)26-23(25-17)29-9-7-19-15-21(28-10-12-31-13-11-28)6-8-24(19,16-29)22(30)27-20-4-3-5-20/h14,19-21H,3-13,15-16H2,1-2H3,(H,27,30)/t19-,21-,24-/m1/s1. The molecule has 2 saturated heterocycles. The lowest BCUT2D eigenvalue weighted by Gasteiger charge is -2.53. The van der Waals surface area contributed by atoms with Crippen LogP contribution in [0.2, 0.25) is 0 Å². The van der Waals surface area contributed by atoms with Gasteiger partial charge in [0.1, 0.15) is 0 Å². The molecule has 1 amide bonds. The van der Waals surface area contributed by atoms with Gasteiger partial charge in [0.25, 0.3) is 0 Å². The number of nitrogens with one attached hydrogen (secondary N) is 1. The predicted molar refractivity (Wildman–Crippen MR) is 120 cm³/mol. The minimum atomic E-state index is -0.322. The van der Waals surface area contributed by atoms with E-state index in [0.29, 0.717) is 18.0 Å². The Bertz CT molecular complexity index is 787. The smallest absolute Gasteiger partial charge is 0.228 e. The molecular weight excluding hydrogens is 390 g/mol. The molecule has 5 rings (SSSR count). The number of piperidine rings is 1. The van der Waals surface area contributed by atoms with E-state index in [4.69, 9.17) is 14.7 Å². The molecule has 2 saturated carbocycles. The Morgan fingerprint density at radius 1 is 1.10 bits per heavy atom. The van der Waals surface area contributed by atoms with Gasteiger partial charge in [-0.15, -0.1) is 0 Å². The number of hydrogen-bond acceptors (Lipinski definition) is 6. The van der Waals surface area contributed by atoms with Crippen molar-refractivity contribution in [3.05, 3.63) is 17.5 Å². The zero-order chi connectivity index (χ0) is 21.4. The lowest BCUT2D eigenvalue weighted by Crippen LogP contribution is -2.62. The number of amides is 1. The molecule has 3 heterocycles. The summed E-state index contributed by atoms with van der Waals surface area (Å²) in [6.07, 6.45) is 7.72. The van der Waals surface area contributed by atoms with Gasteiger partial charge in [-0.25, -0.2) is 9.97 Å². The number of ether oxygens (including phenoxy) is 1. The summed E-state index contributed by atoms with van der Waals surface area (Å²) in [5.74, 6) is 1.51. The van der Waals surface area contributed by atoms with E-state index in [1.807, 2.05) is 19.9 Å². The van der Waals surface area contributed by atoms with E-state index < -0.39 is 0 Å². The lowest BCUT2D eigenvalue weighted by molar-refractivity contribution is -0.140. The highest BCUT2D eigenvalue weighted by Gasteiger charge is 2.53. The SMILES string of the molecule is Cc1cc(C)nc(N2CC[C@@H]3C[C@H](N4CCOCC4)CC[C@@]3(C(=O)NC3CCC3)C2)n1. The molecule has 1 aromatic heterocycles. The van der Waals surface area contributed by atoms with Crippen LogP contribution >= 0.6 is 0 Å². The average molecular weight is 428 g/mol. The largest absolute Gasteiger partial charge is 0.379 e. The number of aromatic nitrogens is 2. The molecule has 31 heavy (non-hydrogen) atoms. The third-order valence-corrected chi connectivity index (χ3v) is 8.19. The van der Waals surface area contributed by atoms with Gasteiger partial charge in [0, 0.05) is 49.7 Å². The minimum absolute atomic E-state index is 0.289. The summed E-state index contributed by atoms with van der Waals surface area (Å²) in [6, 6.07) is 2.98. The molecule has 7 heteroatoms. The van der Waals surface area contributed by atoms with Gasteiger partial charge in [-0.3, -0.25) is 9.69 Å². The molecule has 0 aromatic carbocycles. The van der Waals surface area contributed by atoms with Crippen LogP contribution in [0.5, 0.6) is 0 Å². The molecule has 2 aliphatic carbocycles. The number of nitrogens with zero attached hydrogens (tertiary/aromatic N) is 4. The molecule has 7 nitrogen and oxygen atoms in total. The highest BCUT2D eigenvalue weighted by atomic mass is 16.5. The van der Waals surface area contributed by atoms with E-state index in [0.717, 1.165) is 95.3 Å². The quantitative estimate of drug-likeness (QED) is 0.796. The summed E-state index contributed by atoms with van der Waals surface area (Å²) in [7, 11) is 0. The third-order valence-electron chi connectivity index (χ3n) is 8.19. The van der Waals surface area contributed by atoms with Gasteiger partial charge in [-0.05, 0) is 70.8 Å². The number of hydrogen-bond donors (Lipinski definition) is 1. The number of carbonyl (C=O) groups is 1.